The number of nitrogen functional groups attached to an aromatic ring is 1. The molecule has 0 saturated heterocycles. The minimum absolute atomic E-state index is 0.445. The van der Waals surface area contributed by atoms with Crippen molar-refractivity contribution in [3.05, 3.63) is 58.1 Å². The van der Waals surface area contributed by atoms with E-state index in [1.54, 1.807) is 0 Å². The Morgan fingerprint density at radius 3 is 2.42 bits per heavy atom. The average Bonchev–Trinajstić information content (AvgIpc) is 2.63. The van der Waals surface area contributed by atoms with Gasteiger partial charge in [0.05, 0.1) is 11.3 Å². The number of hydrogen-bond acceptors (Lipinski definition) is 7. The Labute approximate surface area is 163 Å². The third-order valence-corrected chi connectivity index (χ3v) is 4.81. The molecule has 0 bridgehead atoms. The highest BCUT2D eigenvalue weighted by atomic mass is 32.1. The molecule has 3 rings (SSSR count). The van der Waals surface area contributed by atoms with Crippen molar-refractivity contribution in [3.8, 4) is 6.07 Å². The minimum atomic E-state index is 0.445. The molecule has 1 aromatic carbocycles. The second-order valence-corrected chi connectivity index (χ2v) is 7.07. The molecular weight excluding hydrogens is 362 g/mol. The van der Waals surface area contributed by atoms with Crippen molar-refractivity contribution in [2.45, 2.75) is 24.7 Å². The van der Waals surface area contributed by atoms with Gasteiger partial charge in [0.25, 0.3) is 0 Å². The quantitative estimate of drug-likeness (QED) is 0.492. The van der Waals surface area contributed by atoms with Gasteiger partial charge in [-0.2, -0.15) is 5.26 Å². The van der Waals surface area contributed by atoms with Crippen LogP contribution in [0.15, 0.2) is 51.9 Å². The number of benzene rings is 1. The third-order valence-electron chi connectivity index (χ3n) is 4.14. The lowest BCUT2D eigenvalue weighted by Gasteiger charge is -2.18. The predicted molar refractivity (Wildman–Crippen MR) is 113 cm³/mol. The van der Waals surface area contributed by atoms with Gasteiger partial charge in [-0.3, -0.25) is 0 Å². The SMILES string of the molecule is Cc1c(N)c(Nc2ccc(S)cc2)nc(NC2=CC=C(S)CC2)c1C#N. The second kappa shape index (κ2) is 7.77. The number of nitriles is 1. The number of rotatable bonds is 4. The summed E-state index contributed by atoms with van der Waals surface area (Å²) in [6.45, 7) is 1.82. The maximum Gasteiger partial charge on any atom is 0.156 e. The molecule has 1 aromatic heterocycles. The number of anilines is 4. The molecule has 2 aromatic rings. The van der Waals surface area contributed by atoms with Crippen molar-refractivity contribution >= 4 is 48.3 Å². The first-order valence-corrected chi connectivity index (χ1v) is 8.99. The highest BCUT2D eigenvalue weighted by Gasteiger charge is 2.17. The molecule has 4 N–H and O–H groups in total. The highest BCUT2D eigenvalue weighted by Crippen LogP contribution is 2.32. The van der Waals surface area contributed by atoms with E-state index < -0.39 is 0 Å². The molecule has 0 amide bonds. The summed E-state index contributed by atoms with van der Waals surface area (Å²) in [5, 5.41) is 16.0. The van der Waals surface area contributed by atoms with E-state index in [9.17, 15) is 5.26 Å². The molecule has 0 atom stereocenters. The van der Waals surface area contributed by atoms with Crippen LogP contribution >= 0.6 is 25.3 Å². The number of nitrogens with one attached hydrogen (secondary N) is 2. The van der Waals surface area contributed by atoms with Gasteiger partial charge in [0.15, 0.2) is 11.6 Å². The van der Waals surface area contributed by atoms with Crippen LogP contribution in [0.5, 0.6) is 0 Å². The Balaban J connectivity index is 1.97. The van der Waals surface area contributed by atoms with Gasteiger partial charge in [-0.1, -0.05) is 6.08 Å². The van der Waals surface area contributed by atoms with E-state index in [1.807, 2.05) is 43.3 Å². The first-order chi connectivity index (χ1) is 12.5. The van der Waals surface area contributed by atoms with Crippen LogP contribution < -0.4 is 16.4 Å². The monoisotopic (exact) mass is 381 g/mol. The van der Waals surface area contributed by atoms with Gasteiger partial charge in [0.2, 0.25) is 0 Å². The summed E-state index contributed by atoms with van der Waals surface area (Å²) in [6, 6.07) is 9.75. The fourth-order valence-electron chi connectivity index (χ4n) is 2.60. The fraction of sp³-hybridized carbons (Fsp3) is 0.158. The molecule has 0 radical (unpaired) electrons. The lowest BCUT2D eigenvalue weighted by Crippen LogP contribution is -2.10. The fourth-order valence-corrected chi connectivity index (χ4v) is 2.94. The number of hydrogen-bond donors (Lipinski definition) is 5. The lowest BCUT2D eigenvalue weighted by molar-refractivity contribution is 0.951. The van der Waals surface area contributed by atoms with Crippen LogP contribution in [0.3, 0.4) is 0 Å². The molecule has 0 unspecified atom stereocenters. The van der Waals surface area contributed by atoms with E-state index in [0.29, 0.717) is 28.5 Å². The van der Waals surface area contributed by atoms with Crippen LogP contribution in [-0.4, -0.2) is 4.98 Å². The number of nitrogens with two attached hydrogens (primary N) is 1. The van der Waals surface area contributed by atoms with E-state index in [2.05, 4.69) is 46.9 Å². The van der Waals surface area contributed by atoms with Crippen molar-refractivity contribution in [1.82, 2.24) is 4.98 Å². The number of aromatic nitrogens is 1. The van der Waals surface area contributed by atoms with Crippen molar-refractivity contribution in [2.24, 2.45) is 0 Å². The Morgan fingerprint density at radius 1 is 1.08 bits per heavy atom. The summed E-state index contributed by atoms with van der Waals surface area (Å²) in [4.78, 5) is 6.47. The zero-order valence-corrected chi connectivity index (χ0v) is 16.0. The van der Waals surface area contributed by atoms with Crippen LogP contribution in [-0.2, 0) is 0 Å². The summed E-state index contributed by atoms with van der Waals surface area (Å²) >= 11 is 8.65. The number of nitrogens with zero attached hydrogens (tertiary/aromatic N) is 2. The lowest BCUT2D eigenvalue weighted by atomic mass is 10.1. The second-order valence-electron chi connectivity index (χ2n) is 5.98. The van der Waals surface area contributed by atoms with Crippen LogP contribution in [0.2, 0.25) is 0 Å². The molecule has 0 fully saturated rings. The van der Waals surface area contributed by atoms with Gasteiger partial charge in [-0.15, -0.1) is 25.3 Å². The van der Waals surface area contributed by atoms with Gasteiger partial charge in [0, 0.05) is 16.3 Å². The molecule has 1 aliphatic carbocycles. The van der Waals surface area contributed by atoms with E-state index in [4.69, 9.17) is 5.73 Å². The molecule has 0 spiro atoms. The summed E-state index contributed by atoms with van der Waals surface area (Å²) in [5.41, 5.74) is 9.63. The summed E-state index contributed by atoms with van der Waals surface area (Å²) < 4.78 is 0. The number of pyridine rings is 1. The summed E-state index contributed by atoms with van der Waals surface area (Å²) in [7, 11) is 0. The Bertz CT molecular complexity index is 940. The zero-order chi connectivity index (χ0) is 18.7. The standard InChI is InChI=1S/C19H19N5S2/c1-11-16(10-20)18(22-12-2-6-14(25)7-3-12)24-19(17(11)21)23-13-4-8-15(26)9-5-13/h2,4-6,8-9,25-26H,3,7,21H2,1H3,(H2,22,23,24). The van der Waals surface area contributed by atoms with Crippen LogP contribution in [0.4, 0.5) is 23.0 Å². The van der Waals surface area contributed by atoms with Gasteiger partial charge >= 0.3 is 0 Å². The average molecular weight is 382 g/mol. The number of thiol groups is 2. The molecule has 132 valence electrons. The van der Waals surface area contributed by atoms with Crippen molar-refractivity contribution in [2.75, 3.05) is 16.4 Å². The molecule has 5 nitrogen and oxygen atoms in total. The van der Waals surface area contributed by atoms with Crippen molar-refractivity contribution < 1.29 is 0 Å². The molecular formula is C19H19N5S2. The predicted octanol–water partition coefficient (Wildman–Crippen LogP) is 4.78. The van der Waals surface area contributed by atoms with E-state index in [0.717, 1.165) is 34.0 Å². The van der Waals surface area contributed by atoms with E-state index in [-0.39, 0.29) is 0 Å². The first-order valence-electron chi connectivity index (χ1n) is 8.10. The van der Waals surface area contributed by atoms with Crippen molar-refractivity contribution in [1.29, 1.82) is 5.26 Å². The normalized spacial score (nSPS) is 13.5. The van der Waals surface area contributed by atoms with Crippen LogP contribution in [0.25, 0.3) is 0 Å². The Kier molecular flexibility index (Phi) is 5.45. The maximum absolute atomic E-state index is 9.55. The van der Waals surface area contributed by atoms with E-state index >= 15 is 0 Å². The van der Waals surface area contributed by atoms with Crippen LogP contribution in [0.1, 0.15) is 24.0 Å². The molecule has 0 saturated carbocycles. The largest absolute Gasteiger partial charge is 0.395 e. The first kappa shape index (κ1) is 18.2. The van der Waals surface area contributed by atoms with E-state index in [1.165, 1.54) is 0 Å². The minimum Gasteiger partial charge on any atom is -0.395 e. The van der Waals surface area contributed by atoms with Crippen LogP contribution in [0, 0.1) is 18.3 Å². The maximum atomic E-state index is 9.55. The molecule has 1 heterocycles. The Hall–Kier alpha value is -2.56. The Morgan fingerprint density at radius 2 is 1.81 bits per heavy atom. The van der Waals surface area contributed by atoms with Gasteiger partial charge in [-0.05, 0) is 60.6 Å². The zero-order valence-electron chi connectivity index (χ0n) is 14.2. The topological polar surface area (TPSA) is 86.8 Å². The molecule has 1 aliphatic rings. The molecule has 26 heavy (non-hydrogen) atoms. The highest BCUT2D eigenvalue weighted by molar-refractivity contribution is 7.84. The van der Waals surface area contributed by atoms with Gasteiger partial charge < -0.3 is 16.4 Å². The van der Waals surface area contributed by atoms with Gasteiger partial charge in [0.1, 0.15) is 6.07 Å². The summed E-state index contributed by atoms with van der Waals surface area (Å²) in [5.74, 6) is 1.01. The van der Waals surface area contributed by atoms with Gasteiger partial charge in [-0.25, -0.2) is 4.98 Å². The molecule has 7 heteroatoms. The smallest absolute Gasteiger partial charge is 0.156 e. The molecule has 0 aliphatic heterocycles. The third kappa shape index (κ3) is 3.98. The summed E-state index contributed by atoms with van der Waals surface area (Å²) in [6.07, 6.45) is 5.58. The van der Waals surface area contributed by atoms with Crippen molar-refractivity contribution in [3.63, 3.8) is 0 Å². The number of allylic oxidation sites excluding steroid dienone is 4.